The van der Waals surface area contributed by atoms with Crippen LogP contribution in [-0.4, -0.2) is 22.2 Å². The zero-order valence-electron chi connectivity index (χ0n) is 7.28. The number of hydrogen-bond acceptors (Lipinski definition) is 4. The van der Waals surface area contributed by atoms with Gasteiger partial charge >= 0.3 is 0 Å². The summed E-state index contributed by atoms with van der Waals surface area (Å²) >= 11 is 0. The fraction of sp³-hybridized carbons (Fsp3) is 0.375. The van der Waals surface area contributed by atoms with Crippen molar-refractivity contribution in [1.29, 1.82) is 0 Å². The van der Waals surface area contributed by atoms with Gasteiger partial charge in [-0.3, -0.25) is 4.99 Å². The van der Waals surface area contributed by atoms with E-state index < -0.39 is 0 Å². The van der Waals surface area contributed by atoms with Crippen molar-refractivity contribution in [3.63, 3.8) is 0 Å². The minimum absolute atomic E-state index is 0.576. The van der Waals surface area contributed by atoms with Crippen molar-refractivity contribution in [1.82, 2.24) is 9.97 Å². The first kappa shape index (κ1) is 8.64. The molecular formula is C8H12N4. The Hall–Kier alpha value is -1.45. The maximum absolute atomic E-state index is 5.65. The van der Waals surface area contributed by atoms with Gasteiger partial charge in [-0.05, 0) is 13.8 Å². The summed E-state index contributed by atoms with van der Waals surface area (Å²) in [7, 11) is 0. The first-order valence-corrected chi connectivity index (χ1v) is 3.82. The van der Waals surface area contributed by atoms with Gasteiger partial charge in [-0.25, -0.2) is 9.97 Å². The van der Waals surface area contributed by atoms with E-state index in [9.17, 15) is 0 Å². The van der Waals surface area contributed by atoms with Gasteiger partial charge in [-0.15, -0.1) is 0 Å². The number of nitrogens with two attached hydrogens (primary N) is 1. The third-order valence-corrected chi connectivity index (χ3v) is 1.48. The largest absolute Gasteiger partial charge is 0.396 e. The van der Waals surface area contributed by atoms with Crippen LogP contribution in [0.4, 0.5) is 5.69 Å². The maximum atomic E-state index is 5.65. The Kier molecular flexibility index (Phi) is 2.74. The molecule has 0 unspecified atom stereocenters. The minimum Gasteiger partial charge on any atom is -0.396 e. The maximum Gasteiger partial charge on any atom is 0.116 e. The van der Waals surface area contributed by atoms with Crippen molar-refractivity contribution >= 4 is 11.4 Å². The quantitative estimate of drug-likeness (QED) is 0.660. The predicted octanol–water partition coefficient (Wildman–Crippen LogP) is 0.888. The molecule has 0 saturated carbocycles. The summed E-state index contributed by atoms with van der Waals surface area (Å²) in [6.07, 6.45) is 3.05. The zero-order valence-corrected chi connectivity index (χ0v) is 7.28. The molecule has 64 valence electrons. The number of nitrogens with zero attached hydrogens (tertiary/aromatic N) is 3. The Morgan fingerprint density at radius 3 is 3.00 bits per heavy atom. The molecule has 4 heteroatoms. The summed E-state index contributed by atoms with van der Waals surface area (Å²) in [4.78, 5) is 12.0. The lowest BCUT2D eigenvalue weighted by Gasteiger charge is -2.01. The summed E-state index contributed by atoms with van der Waals surface area (Å²) in [5.41, 5.74) is 7.81. The molecule has 0 aliphatic heterocycles. The van der Waals surface area contributed by atoms with Crippen LogP contribution in [0.25, 0.3) is 0 Å². The zero-order chi connectivity index (χ0) is 8.97. The van der Waals surface area contributed by atoms with E-state index in [1.54, 1.807) is 6.20 Å². The van der Waals surface area contributed by atoms with Crippen LogP contribution in [-0.2, 0) is 0 Å². The molecule has 1 aromatic heterocycles. The molecule has 0 atom stereocenters. The van der Waals surface area contributed by atoms with Crippen molar-refractivity contribution in [2.45, 2.75) is 13.8 Å². The van der Waals surface area contributed by atoms with Crippen LogP contribution in [0, 0.1) is 0 Å². The molecule has 1 aromatic rings. The second kappa shape index (κ2) is 3.80. The van der Waals surface area contributed by atoms with Gasteiger partial charge in [-0.1, -0.05) is 0 Å². The second-order valence-corrected chi connectivity index (χ2v) is 2.39. The average Bonchev–Trinajstić information content (AvgIpc) is 2.05. The van der Waals surface area contributed by atoms with Gasteiger partial charge in [0.1, 0.15) is 12.0 Å². The normalized spacial score (nSPS) is 11.7. The molecule has 0 radical (unpaired) electrons. The van der Waals surface area contributed by atoms with Gasteiger partial charge in [-0.2, -0.15) is 0 Å². The van der Waals surface area contributed by atoms with Gasteiger partial charge in [0.2, 0.25) is 0 Å². The first-order chi connectivity index (χ1) is 5.75. The third-order valence-electron chi connectivity index (χ3n) is 1.48. The summed E-state index contributed by atoms with van der Waals surface area (Å²) in [6.45, 7) is 4.61. The molecule has 0 saturated heterocycles. The first-order valence-electron chi connectivity index (χ1n) is 3.82. The fourth-order valence-corrected chi connectivity index (χ4v) is 0.955. The van der Waals surface area contributed by atoms with Crippen molar-refractivity contribution in [2.75, 3.05) is 12.3 Å². The molecule has 0 aromatic carbocycles. The highest BCUT2D eigenvalue weighted by molar-refractivity contribution is 6.00. The fourth-order valence-electron chi connectivity index (χ4n) is 0.955. The van der Waals surface area contributed by atoms with Crippen LogP contribution in [0.1, 0.15) is 19.5 Å². The summed E-state index contributed by atoms with van der Waals surface area (Å²) in [5.74, 6) is 0. The highest BCUT2D eigenvalue weighted by Crippen LogP contribution is 2.06. The van der Waals surface area contributed by atoms with E-state index >= 15 is 0 Å². The monoisotopic (exact) mass is 164 g/mol. The van der Waals surface area contributed by atoms with Gasteiger partial charge in [0.25, 0.3) is 0 Å². The summed E-state index contributed by atoms with van der Waals surface area (Å²) < 4.78 is 0. The number of hydrogen-bond donors (Lipinski definition) is 1. The average molecular weight is 164 g/mol. The smallest absolute Gasteiger partial charge is 0.116 e. The Labute approximate surface area is 71.6 Å². The van der Waals surface area contributed by atoms with E-state index in [0.717, 1.165) is 18.0 Å². The Bertz CT molecular complexity index is 293. The molecule has 1 heterocycles. The number of aliphatic imine (C=N–C) groups is 1. The van der Waals surface area contributed by atoms with E-state index in [0.29, 0.717) is 5.69 Å². The van der Waals surface area contributed by atoms with Crippen molar-refractivity contribution in [2.24, 2.45) is 4.99 Å². The van der Waals surface area contributed by atoms with Crippen molar-refractivity contribution in [3.8, 4) is 0 Å². The van der Waals surface area contributed by atoms with E-state index in [1.807, 2.05) is 13.8 Å². The molecule has 0 spiro atoms. The van der Waals surface area contributed by atoms with Crippen molar-refractivity contribution < 1.29 is 0 Å². The molecular weight excluding hydrogens is 152 g/mol. The lowest BCUT2D eigenvalue weighted by Crippen LogP contribution is -2.04. The van der Waals surface area contributed by atoms with Gasteiger partial charge in [0, 0.05) is 6.54 Å². The number of nitrogen functional groups attached to an aromatic ring is 1. The highest BCUT2D eigenvalue weighted by atomic mass is 14.9. The molecule has 4 nitrogen and oxygen atoms in total. The third kappa shape index (κ3) is 1.78. The predicted molar refractivity (Wildman–Crippen MR) is 49.2 cm³/mol. The lowest BCUT2D eigenvalue weighted by molar-refractivity contribution is 1.10. The molecule has 0 amide bonds. The van der Waals surface area contributed by atoms with Crippen LogP contribution in [0.5, 0.6) is 0 Å². The Morgan fingerprint density at radius 1 is 1.67 bits per heavy atom. The summed E-state index contributed by atoms with van der Waals surface area (Å²) in [6, 6.07) is 0. The van der Waals surface area contributed by atoms with Gasteiger partial charge in [0.15, 0.2) is 0 Å². The van der Waals surface area contributed by atoms with E-state index in [4.69, 9.17) is 5.73 Å². The SMILES string of the molecule is CCN=C(C)c1ncncc1N. The van der Waals surface area contributed by atoms with Crippen molar-refractivity contribution in [3.05, 3.63) is 18.2 Å². The Balaban J connectivity index is 3.02. The van der Waals surface area contributed by atoms with E-state index in [2.05, 4.69) is 15.0 Å². The number of aromatic nitrogens is 2. The van der Waals surface area contributed by atoms with Crippen LogP contribution < -0.4 is 5.73 Å². The molecule has 12 heavy (non-hydrogen) atoms. The highest BCUT2D eigenvalue weighted by Gasteiger charge is 2.02. The van der Waals surface area contributed by atoms with Gasteiger partial charge in [0.05, 0.1) is 17.6 Å². The molecule has 1 rings (SSSR count). The van der Waals surface area contributed by atoms with E-state index in [1.165, 1.54) is 6.33 Å². The Morgan fingerprint density at radius 2 is 2.42 bits per heavy atom. The van der Waals surface area contributed by atoms with Crippen LogP contribution >= 0.6 is 0 Å². The lowest BCUT2D eigenvalue weighted by atomic mass is 10.2. The topological polar surface area (TPSA) is 64.2 Å². The summed E-state index contributed by atoms with van der Waals surface area (Å²) in [5, 5.41) is 0. The second-order valence-electron chi connectivity index (χ2n) is 2.39. The standard InChI is InChI=1S/C8H12N4/c1-3-11-6(2)8-7(9)4-10-5-12-8/h4-5H,3,9H2,1-2H3. The number of rotatable bonds is 2. The molecule has 0 bridgehead atoms. The molecule has 0 fully saturated rings. The van der Waals surface area contributed by atoms with Crippen LogP contribution in [0.15, 0.2) is 17.5 Å². The molecule has 0 aliphatic carbocycles. The number of anilines is 1. The molecule has 2 N–H and O–H groups in total. The van der Waals surface area contributed by atoms with Crippen LogP contribution in [0.3, 0.4) is 0 Å². The van der Waals surface area contributed by atoms with Gasteiger partial charge < -0.3 is 5.73 Å². The minimum atomic E-state index is 0.576. The van der Waals surface area contributed by atoms with Crippen LogP contribution in [0.2, 0.25) is 0 Å². The van der Waals surface area contributed by atoms with E-state index in [-0.39, 0.29) is 0 Å². The molecule has 0 aliphatic rings.